The molecule has 0 aromatic heterocycles. The number of nitriles is 2. The topological polar surface area (TPSA) is 87.2 Å². The minimum atomic E-state index is -0.370. The summed E-state index contributed by atoms with van der Waals surface area (Å²) in [6.07, 6.45) is 1.98. The Morgan fingerprint density at radius 1 is 1.23 bits per heavy atom. The van der Waals surface area contributed by atoms with Crippen LogP contribution in [0.15, 0.2) is 47.5 Å². The molecule has 2 N–H and O–H groups in total. The summed E-state index contributed by atoms with van der Waals surface area (Å²) in [5.41, 5.74) is 2.42. The number of guanidine groups is 1. The van der Waals surface area contributed by atoms with Crippen molar-refractivity contribution < 1.29 is 4.39 Å². The second kappa shape index (κ2) is 12.1. The third kappa shape index (κ3) is 6.56. The zero-order valence-electron chi connectivity index (χ0n) is 17.4. The molecule has 1 atom stereocenters. The molecule has 8 heteroatoms. The molecule has 1 saturated heterocycles. The van der Waals surface area contributed by atoms with Crippen molar-refractivity contribution in [3.05, 3.63) is 65.0 Å². The number of piperidine rings is 1. The van der Waals surface area contributed by atoms with Gasteiger partial charge in [0.1, 0.15) is 11.9 Å². The molecule has 2 aromatic rings. The van der Waals surface area contributed by atoms with Gasteiger partial charge in [-0.15, -0.1) is 24.0 Å². The van der Waals surface area contributed by atoms with Gasteiger partial charge in [-0.2, -0.15) is 10.5 Å². The number of rotatable bonds is 5. The summed E-state index contributed by atoms with van der Waals surface area (Å²) in [5.74, 6) is 0.241. The molecule has 6 nitrogen and oxygen atoms in total. The van der Waals surface area contributed by atoms with Crippen LogP contribution >= 0.6 is 24.0 Å². The Balaban J connectivity index is 0.00000341. The lowest BCUT2D eigenvalue weighted by Gasteiger charge is -2.35. The van der Waals surface area contributed by atoms with Crippen molar-refractivity contribution in [3.63, 3.8) is 0 Å². The molecule has 0 saturated carbocycles. The monoisotopic (exact) mass is 532 g/mol. The van der Waals surface area contributed by atoms with Crippen molar-refractivity contribution in [2.24, 2.45) is 4.99 Å². The van der Waals surface area contributed by atoms with E-state index in [0.29, 0.717) is 29.2 Å². The van der Waals surface area contributed by atoms with Crippen LogP contribution in [0.3, 0.4) is 0 Å². The summed E-state index contributed by atoms with van der Waals surface area (Å²) in [6, 6.07) is 16.4. The Morgan fingerprint density at radius 2 is 2.03 bits per heavy atom. The van der Waals surface area contributed by atoms with E-state index >= 15 is 0 Å². The molecule has 0 bridgehead atoms. The van der Waals surface area contributed by atoms with E-state index in [1.807, 2.05) is 37.3 Å². The summed E-state index contributed by atoms with van der Waals surface area (Å²) in [6.45, 7) is 4.45. The zero-order chi connectivity index (χ0) is 21.3. The van der Waals surface area contributed by atoms with Crippen LogP contribution in [0.4, 0.5) is 10.1 Å². The Bertz CT molecular complexity index is 994. The minimum Gasteiger partial charge on any atom is -0.368 e. The van der Waals surface area contributed by atoms with Gasteiger partial charge >= 0.3 is 0 Å². The van der Waals surface area contributed by atoms with Crippen LogP contribution in [0.5, 0.6) is 0 Å². The van der Waals surface area contributed by atoms with Crippen molar-refractivity contribution in [1.82, 2.24) is 10.6 Å². The number of nitrogens with zero attached hydrogens (tertiary/aromatic N) is 4. The van der Waals surface area contributed by atoms with Gasteiger partial charge in [0, 0.05) is 31.2 Å². The van der Waals surface area contributed by atoms with Gasteiger partial charge < -0.3 is 15.5 Å². The van der Waals surface area contributed by atoms with E-state index in [4.69, 9.17) is 5.26 Å². The molecule has 3 rings (SSSR count). The highest BCUT2D eigenvalue weighted by Gasteiger charge is 2.22. The lowest BCUT2D eigenvalue weighted by Crippen LogP contribution is -2.51. The second-order valence-electron chi connectivity index (χ2n) is 7.17. The zero-order valence-corrected chi connectivity index (χ0v) is 19.8. The normalized spacial score (nSPS) is 15.9. The Kier molecular flexibility index (Phi) is 9.54. The average Bonchev–Trinajstić information content (AvgIpc) is 2.78. The maximum Gasteiger partial charge on any atom is 0.191 e. The van der Waals surface area contributed by atoms with Crippen molar-refractivity contribution in [2.45, 2.75) is 32.4 Å². The van der Waals surface area contributed by atoms with E-state index in [2.05, 4.69) is 26.6 Å². The van der Waals surface area contributed by atoms with Crippen LogP contribution in [-0.4, -0.2) is 31.6 Å². The quantitative estimate of drug-likeness (QED) is 0.347. The average molecular weight is 532 g/mol. The third-order valence-corrected chi connectivity index (χ3v) is 5.05. The highest BCUT2D eigenvalue weighted by Crippen LogP contribution is 2.23. The summed E-state index contributed by atoms with van der Waals surface area (Å²) in [4.78, 5) is 6.74. The standard InChI is InChI=1S/C23H25FN6.HI/c1-2-27-23(28-15-19-12-17(13-25)9-10-21(19)24)29-20-7-5-11-30(16-20)22-8-4-3-6-18(22)14-26;/h3-4,6,8-10,12,20H,2,5,7,11,15-16H2,1H3,(H2,27,28,29);1H. The maximum atomic E-state index is 14.1. The van der Waals surface area contributed by atoms with Crippen molar-refractivity contribution in [1.29, 1.82) is 10.5 Å². The first kappa shape index (κ1) is 24.4. The summed E-state index contributed by atoms with van der Waals surface area (Å²) in [7, 11) is 0. The third-order valence-electron chi connectivity index (χ3n) is 5.05. The number of benzene rings is 2. The van der Waals surface area contributed by atoms with Crippen LogP contribution < -0.4 is 15.5 Å². The van der Waals surface area contributed by atoms with Crippen LogP contribution in [0.2, 0.25) is 0 Å². The number of hydrogen-bond donors (Lipinski definition) is 2. The number of halogens is 2. The Hall–Kier alpha value is -2.85. The van der Waals surface area contributed by atoms with E-state index in [-0.39, 0.29) is 42.4 Å². The highest BCUT2D eigenvalue weighted by atomic mass is 127. The number of para-hydroxylation sites is 1. The molecule has 0 spiro atoms. The van der Waals surface area contributed by atoms with Crippen molar-refractivity contribution in [3.8, 4) is 12.1 Å². The van der Waals surface area contributed by atoms with Gasteiger partial charge in [-0.1, -0.05) is 12.1 Å². The first-order valence-electron chi connectivity index (χ1n) is 10.1. The molecule has 1 fully saturated rings. The molecule has 1 aliphatic rings. The largest absolute Gasteiger partial charge is 0.368 e. The number of aliphatic imine (C=N–C) groups is 1. The molecule has 162 valence electrons. The second-order valence-corrected chi connectivity index (χ2v) is 7.17. The minimum absolute atomic E-state index is 0. The van der Waals surface area contributed by atoms with E-state index < -0.39 is 0 Å². The van der Waals surface area contributed by atoms with Crippen LogP contribution in [0, 0.1) is 28.5 Å². The van der Waals surface area contributed by atoms with Gasteiger partial charge in [-0.05, 0) is 50.1 Å². The first-order valence-corrected chi connectivity index (χ1v) is 10.1. The highest BCUT2D eigenvalue weighted by molar-refractivity contribution is 14.0. The number of anilines is 1. The lowest BCUT2D eigenvalue weighted by atomic mass is 10.0. The van der Waals surface area contributed by atoms with Gasteiger partial charge in [-0.25, -0.2) is 9.38 Å². The molecular formula is C23H26FIN6. The first-order chi connectivity index (χ1) is 14.6. The van der Waals surface area contributed by atoms with Gasteiger partial charge in [-0.3, -0.25) is 0 Å². The van der Waals surface area contributed by atoms with Crippen LogP contribution in [-0.2, 0) is 6.54 Å². The Labute approximate surface area is 199 Å². The molecule has 0 aliphatic carbocycles. The smallest absolute Gasteiger partial charge is 0.191 e. The predicted molar refractivity (Wildman–Crippen MR) is 131 cm³/mol. The fourth-order valence-electron chi connectivity index (χ4n) is 3.60. The summed E-state index contributed by atoms with van der Waals surface area (Å²) >= 11 is 0. The Morgan fingerprint density at radius 3 is 2.77 bits per heavy atom. The SMILES string of the molecule is CCNC(=NCc1cc(C#N)ccc1F)NC1CCCN(c2ccccc2C#N)C1.I. The van der Waals surface area contributed by atoms with Crippen molar-refractivity contribution in [2.75, 3.05) is 24.5 Å². The fourth-order valence-corrected chi connectivity index (χ4v) is 3.60. The van der Waals surface area contributed by atoms with Crippen LogP contribution in [0.25, 0.3) is 0 Å². The van der Waals surface area contributed by atoms with E-state index in [9.17, 15) is 9.65 Å². The van der Waals surface area contributed by atoms with Gasteiger partial charge in [0.15, 0.2) is 5.96 Å². The van der Waals surface area contributed by atoms with Crippen molar-refractivity contribution >= 4 is 35.6 Å². The molecule has 0 amide bonds. The van der Waals surface area contributed by atoms with Crippen LogP contribution in [0.1, 0.15) is 36.5 Å². The molecule has 1 unspecified atom stereocenters. The van der Waals surface area contributed by atoms with E-state index in [1.54, 1.807) is 0 Å². The molecule has 31 heavy (non-hydrogen) atoms. The number of hydrogen-bond acceptors (Lipinski definition) is 4. The van der Waals surface area contributed by atoms with Gasteiger partial charge in [0.25, 0.3) is 0 Å². The van der Waals surface area contributed by atoms with Gasteiger partial charge in [0.05, 0.1) is 29.4 Å². The predicted octanol–water partition coefficient (Wildman–Crippen LogP) is 3.91. The molecule has 0 radical (unpaired) electrons. The molecule has 1 heterocycles. The maximum absolute atomic E-state index is 14.1. The van der Waals surface area contributed by atoms with E-state index in [0.717, 1.165) is 31.6 Å². The molecule has 1 aliphatic heterocycles. The number of nitrogens with one attached hydrogen (secondary N) is 2. The molecule has 2 aromatic carbocycles. The van der Waals surface area contributed by atoms with E-state index in [1.165, 1.54) is 18.2 Å². The molecular weight excluding hydrogens is 506 g/mol. The van der Waals surface area contributed by atoms with Gasteiger partial charge in [0.2, 0.25) is 0 Å². The fraction of sp³-hybridized carbons (Fsp3) is 0.348. The summed E-state index contributed by atoms with van der Waals surface area (Å²) in [5, 5.41) is 25.1. The summed E-state index contributed by atoms with van der Waals surface area (Å²) < 4.78 is 14.1. The lowest BCUT2D eigenvalue weighted by molar-refractivity contribution is 0.468.